The monoisotopic (exact) mass is 270 g/mol. The van der Waals surface area contributed by atoms with Crippen molar-refractivity contribution in [2.75, 3.05) is 6.54 Å². The molecule has 1 fully saturated rings. The van der Waals surface area contributed by atoms with Crippen LogP contribution in [0.4, 0.5) is 0 Å². The Morgan fingerprint density at radius 3 is 2.60 bits per heavy atom. The van der Waals surface area contributed by atoms with Crippen molar-refractivity contribution in [2.45, 2.75) is 37.6 Å². The van der Waals surface area contributed by atoms with E-state index in [4.69, 9.17) is 0 Å². The molecule has 1 atom stereocenters. The molecule has 1 aromatic heterocycles. The Labute approximate surface area is 120 Å². The fraction of sp³-hybridized carbons (Fsp3) is 0.500. The van der Waals surface area contributed by atoms with Gasteiger partial charge in [0.2, 0.25) is 0 Å². The van der Waals surface area contributed by atoms with E-state index < -0.39 is 0 Å². The molecular formula is C16H22N4. The second-order valence-electron chi connectivity index (χ2n) is 5.69. The highest BCUT2D eigenvalue weighted by Gasteiger charge is 2.51. The molecule has 1 unspecified atom stereocenters. The van der Waals surface area contributed by atoms with Crippen molar-refractivity contribution in [3.05, 3.63) is 47.8 Å². The van der Waals surface area contributed by atoms with Gasteiger partial charge in [-0.2, -0.15) is 0 Å². The topological polar surface area (TPSA) is 42.7 Å². The molecule has 0 spiro atoms. The van der Waals surface area contributed by atoms with Crippen molar-refractivity contribution in [3.63, 3.8) is 0 Å². The summed E-state index contributed by atoms with van der Waals surface area (Å²) in [7, 11) is 1.98. The van der Waals surface area contributed by atoms with Crippen molar-refractivity contribution in [1.29, 1.82) is 0 Å². The lowest BCUT2D eigenvalue weighted by molar-refractivity contribution is 0.405. The molecule has 1 saturated carbocycles. The Bertz CT molecular complexity index is 557. The zero-order chi connectivity index (χ0) is 14.0. The predicted molar refractivity (Wildman–Crippen MR) is 79.4 cm³/mol. The lowest BCUT2D eigenvalue weighted by Crippen LogP contribution is -2.34. The van der Waals surface area contributed by atoms with E-state index >= 15 is 0 Å². The molecule has 1 aliphatic rings. The highest BCUT2D eigenvalue weighted by Crippen LogP contribution is 2.56. The number of hydrogen-bond acceptors (Lipinski definition) is 3. The van der Waals surface area contributed by atoms with Gasteiger partial charge in [-0.05, 0) is 31.4 Å². The first kappa shape index (κ1) is 13.3. The van der Waals surface area contributed by atoms with Crippen LogP contribution < -0.4 is 5.32 Å². The maximum absolute atomic E-state index is 4.11. The third-order valence-electron chi connectivity index (χ3n) is 4.33. The lowest BCUT2D eigenvalue weighted by Gasteiger charge is -2.28. The van der Waals surface area contributed by atoms with E-state index in [1.54, 1.807) is 0 Å². The molecule has 3 rings (SSSR count). The quantitative estimate of drug-likeness (QED) is 0.877. The normalized spacial score (nSPS) is 17.9. The minimum Gasteiger partial charge on any atom is -0.308 e. The summed E-state index contributed by atoms with van der Waals surface area (Å²) in [6.45, 7) is 3.22. The van der Waals surface area contributed by atoms with Crippen LogP contribution >= 0.6 is 0 Å². The largest absolute Gasteiger partial charge is 0.308 e. The smallest absolute Gasteiger partial charge is 0.0762 e. The average molecular weight is 270 g/mol. The number of hydrogen-bond donors (Lipinski definition) is 1. The van der Waals surface area contributed by atoms with Gasteiger partial charge in [-0.25, -0.2) is 0 Å². The summed E-state index contributed by atoms with van der Waals surface area (Å²) < 4.78 is 1.90. The van der Waals surface area contributed by atoms with Crippen LogP contribution in [0.25, 0.3) is 0 Å². The van der Waals surface area contributed by atoms with Crippen LogP contribution in [0.5, 0.6) is 0 Å². The van der Waals surface area contributed by atoms with Crippen molar-refractivity contribution >= 4 is 0 Å². The summed E-state index contributed by atoms with van der Waals surface area (Å²) in [6.07, 6.45) is 5.48. The Kier molecular flexibility index (Phi) is 3.57. The van der Waals surface area contributed by atoms with Gasteiger partial charge in [0.15, 0.2) is 0 Å². The summed E-state index contributed by atoms with van der Waals surface area (Å²) in [5.41, 5.74) is 2.82. The summed E-state index contributed by atoms with van der Waals surface area (Å²) in [5.74, 6) is 0. The number of aryl methyl sites for hydroxylation is 1. The summed E-state index contributed by atoms with van der Waals surface area (Å²) in [4.78, 5) is 0. The number of nitrogens with zero attached hydrogens (tertiary/aromatic N) is 3. The third kappa shape index (κ3) is 2.24. The molecule has 1 heterocycles. The molecule has 1 N–H and O–H groups in total. The van der Waals surface area contributed by atoms with E-state index in [9.17, 15) is 0 Å². The van der Waals surface area contributed by atoms with Gasteiger partial charge in [0.05, 0.1) is 17.9 Å². The van der Waals surface area contributed by atoms with Gasteiger partial charge in [-0.3, -0.25) is 4.68 Å². The Morgan fingerprint density at radius 2 is 2.05 bits per heavy atom. The number of nitrogens with one attached hydrogen (secondary N) is 1. The molecule has 0 amide bonds. The van der Waals surface area contributed by atoms with Crippen molar-refractivity contribution < 1.29 is 0 Å². The zero-order valence-corrected chi connectivity index (χ0v) is 12.2. The molecule has 1 aliphatic carbocycles. The molecule has 106 valence electrons. The Morgan fingerprint density at radius 1 is 1.30 bits per heavy atom. The molecule has 0 bridgehead atoms. The highest BCUT2D eigenvalue weighted by molar-refractivity contribution is 5.36. The molecular weight excluding hydrogens is 248 g/mol. The van der Waals surface area contributed by atoms with Crippen LogP contribution in [0.2, 0.25) is 0 Å². The Hall–Kier alpha value is -1.68. The fourth-order valence-electron chi connectivity index (χ4n) is 3.08. The van der Waals surface area contributed by atoms with Gasteiger partial charge in [0.25, 0.3) is 0 Å². The summed E-state index contributed by atoms with van der Waals surface area (Å²) in [5, 5.41) is 11.9. The van der Waals surface area contributed by atoms with Gasteiger partial charge in [0.1, 0.15) is 0 Å². The Balaban J connectivity index is 1.96. The van der Waals surface area contributed by atoms with E-state index in [2.05, 4.69) is 52.9 Å². The van der Waals surface area contributed by atoms with Gasteiger partial charge >= 0.3 is 0 Å². The average Bonchev–Trinajstić information content (AvgIpc) is 3.18. The van der Waals surface area contributed by atoms with Gasteiger partial charge in [-0.1, -0.05) is 42.5 Å². The van der Waals surface area contributed by atoms with E-state index in [1.165, 1.54) is 24.1 Å². The second kappa shape index (κ2) is 5.37. The maximum atomic E-state index is 4.11. The van der Waals surface area contributed by atoms with Gasteiger partial charge < -0.3 is 5.32 Å². The molecule has 2 aromatic rings. The maximum Gasteiger partial charge on any atom is 0.0762 e. The van der Waals surface area contributed by atoms with Crippen molar-refractivity contribution in [1.82, 2.24) is 20.3 Å². The van der Waals surface area contributed by atoms with Crippen LogP contribution in [0.15, 0.2) is 36.5 Å². The molecule has 0 radical (unpaired) electrons. The SMILES string of the molecule is CCCNC(c1cnnn1C)C1(c2ccccc2)CC1. The second-order valence-corrected chi connectivity index (χ2v) is 5.69. The van der Waals surface area contributed by atoms with Crippen LogP contribution in [0.3, 0.4) is 0 Å². The fourth-order valence-corrected chi connectivity index (χ4v) is 3.08. The van der Waals surface area contributed by atoms with Crippen LogP contribution in [0, 0.1) is 0 Å². The standard InChI is InChI=1S/C16H22N4/c1-3-11-17-15(14-12-18-19-20(14)2)16(9-10-16)13-7-5-4-6-8-13/h4-8,12,15,17H,3,9-11H2,1-2H3. The molecule has 0 aliphatic heterocycles. The number of aromatic nitrogens is 3. The van der Waals surface area contributed by atoms with E-state index in [1.807, 2.05) is 17.9 Å². The minimum absolute atomic E-state index is 0.214. The van der Waals surface area contributed by atoms with Gasteiger partial charge in [-0.15, -0.1) is 5.10 Å². The number of benzene rings is 1. The molecule has 4 nitrogen and oxygen atoms in total. The number of rotatable bonds is 6. The molecule has 1 aromatic carbocycles. The summed E-state index contributed by atoms with van der Waals surface area (Å²) in [6, 6.07) is 11.1. The first-order chi connectivity index (χ1) is 9.78. The first-order valence-corrected chi connectivity index (χ1v) is 7.41. The van der Waals surface area contributed by atoms with Crippen LogP contribution in [-0.2, 0) is 12.5 Å². The zero-order valence-electron chi connectivity index (χ0n) is 12.2. The molecule has 0 saturated heterocycles. The highest BCUT2D eigenvalue weighted by atomic mass is 15.4. The predicted octanol–water partition coefficient (Wildman–Crippen LogP) is 2.59. The van der Waals surface area contributed by atoms with Crippen LogP contribution in [0.1, 0.15) is 43.5 Å². The van der Waals surface area contributed by atoms with E-state index in [0.717, 1.165) is 13.0 Å². The lowest BCUT2D eigenvalue weighted by atomic mass is 9.86. The van der Waals surface area contributed by atoms with Crippen LogP contribution in [-0.4, -0.2) is 21.5 Å². The minimum atomic E-state index is 0.214. The van der Waals surface area contributed by atoms with E-state index in [0.29, 0.717) is 6.04 Å². The molecule has 4 heteroatoms. The third-order valence-corrected chi connectivity index (χ3v) is 4.33. The first-order valence-electron chi connectivity index (χ1n) is 7.41. The molecule has 20 heavy (non-hydrogen) atoms. The van der Waals surface area contributed by atoms with E-state index in [-0.39, 0.29) is 5.41 Å². The summed E-state index contributed by atoms with van der Waals surface area (Å²) >= 11 is 0. The van der Waals surface area contributed by atoms with Crippen molar-refractivity contribution in [3.8, 4) is 0 Å². The van der Waals surface area contributed by atoms with Crippen molar-refractivity contribution in [2.24, 2.45) is 7.05 Å². The van der Waals surface area contributed by atoms with Gasteiger partial charge in [0, 0.05) is 12.5 Å².